The van der Waals surface area contributed by atoms with Gasteiger partial charge in [0.05, 0.1) is 13.0 Å². The van der Waals surface area contributed by atoms with Crippen LogP contribution in [0.5, 0.6) is 5.75 Å². The Labute approximate surface area is 157 Å². The predicted octanol–water partition coefficient (Wildman–Crippen LogP) is 1.37. The normalized spacial score (nSPS) is 22.0. The van der Waals surface area contributed by atoms with Gasteiger partial charge in [-0.15, -0.1) is 0 Å². The zero-order valence-corrected chi connectivity index (χ0v) is 15.2. The van der Waals surface area contributed by atoms with Crippen molar-refractivity contribution in [3.63, 3.8) is 0 Å². The fourth-order valence-corrected chi connectivity index (χ4v) is 3.53. The van der Waals surface area contributed by atoms with Crippen LogP contribution < -0.4 is 4.74 Å². The Bertz CT molecular complexity index is 646. The molecule has 0 saturated carbocycles. The average molecular weight is 380 g/mol. The number of nitrogens with zero attached hydrogens (tertiary/aromatic N) is 2. The lowest BCUT2D eigenvalue weighted by Gasteiger charge is -2.42. The van der Waals surface area contributed by atoms with E-state index < -0.39 is 5.97 Å². The van der Waals surface area contributed by atoms with Crippen molar-refractivity contribution in [3.05, 3.63) is 30.1 Å². The molecule has 1 aromatic rings. The Balaban J connectivity index is 1.46. The zero-order chi connectivity index (χ0) is 19.2. The summed E-state index contributed by atoms with van der Waals surface area (Å²) in [5, 5.41) is 8.79. The lowest BCUT2D eigenvalue weighted by atomic mass is 10.0. The van der Waals surface area contributed by atoms with Gasteiger partial charge in [-0.2, -0.15) is 0 Å². The molecule has 2 fully saturated rings. The van der Waals surface area contributed by atoms with Gasteiger partial charge < -0.3 is 24.4 Å². The fraction of sp³-hybridized carbons (Fsp3) is 0.579. The maximum Gasteiger partial charge on any atom is 0.304 e. The van der Waals surface area contributed by atoms with Gasteiger partial charge in [-0.25, -0.2) is 4.39 Å². The van der Waals surface area contributed by atoms with Crippen LogP contribution in [0.2, 0.25) is 0 Å². The summed E-state index contributed by atoms with van der Waals surface area (Å²) in [4.78, 5) is 27.0. The number of morpholine rings is 1. The summed E-state index contributed by atoms with van der Waals surface area (Å²) >= 11 is 0. The molecule has 0 spiro atoms. The Hall–Kier alpha value is -2.19. The molecule has 2 heterocycles. The van der Waals surface area contributed by atoms with Crippen molar-refractivity contribution >= 4 is 11.9 Å². The van der Waals surface area contributed by atoms with Crippen LogP contribution in [0, 0.1) is 5.82 Å². The molecule has 0 bridgehead atoms. The van der Waals surface area contributed by atoms with Gasteiger partial charge in [0.25, 0.3) is 0 Å². The molecule has 0 radical (unpaired) electrons. The van der Waals surface area contributed by atoms with Crippen molar-refractivity contribution in [2.75, 3.05) is 39.4 Å². The van der Waals surface area contributed by atoms with E-state index in [0.717, 1.165) is 25.9 Å². The van der Waals surface area contributed by atoms with Crippen LogP contribution in [0.3, 0.4) is 0 Å². The molecule has 1 N–H and O–H groups in total. The molecule has 7 nitrogen and oxygen atoms in total. The molecule has 2 aliphatic rings. The van der Waals surface area contributed by atoms with Gasteiger partial charge in [0.15, 0.2) is 0 Å². The van der Waals surface area contributed by atoms with E-state index in [9.17, 15) is 14.0 Å². The van der Waals surface area contributed by atoms with E-state index in [1.165, 1.54) is 12.1 Å². The molecule has 2 aliphatic heterocycles. The average Bonchev–Trinajstić information content (AvgIpc) is 2.67. The number of hydrogen-bond acceptors (Lipinski definition) is 5. The minimum atomic E-state index is -0.788. The van der Waals surface area contributed by atoms with Crippen LogP contribution in [0.4, 0.5) is 4.39 Å². The van der Waals surface area contributed by atoms with Crippen LogP contribution in [-0.4, -0.2) is 78.3 Å². The van der Waals surface area contributed by atoms with Crippen molar-refractivity contribution in [1.29, 1.82) is 0 Å². The third-order valence-corrected chi connectivity index (χ3v) is 5.05. The highest BCUT2D eigenvalue weighted by molar-refractivity contribution is 5.78. The molecule has 148 valence electrons. The van der Waals surface area contributed by atoms with Crippen LogP contribution in [0.15, 0.2) is 24.3 Å². The topological polar surface area (TPSA) is 79.3 Å². The van der Waals surface area contributed by atoms with Crippen LogP contribution >= 0.6 is 0 Å². The van der Waals surface area contributed by atoms with E-state index in [0.29, 0.717) is 25.4 Å². The molecule has 1 unspecified atom stereocenters. The smallest absolute Gasteiger partial charge is 0.304 e. The summed E-state index contributed by atoms with van der Waals surface area (Å²) in [5.74, 6) is -0.556. The first-order valence-electron chi connectivity index (χ1n) is 9.25. The van der Waals surface area contributed by atoms with Crippen molar-refractivity contribution in [2.45, 2.75) is 31.4 Å². The highest BCUT2D eigenvalue weighted by Gasteiger charge is 2.33. The summed E-state index contributed by atoms with van der Waals surface area (Å²) in [6.45, 7) is 2.94. The lowest BCUT2D eigenvalue weighted by molar-refractivity contribution is -0.155. The largest absolute Gasteiger partial charge is 0.491 e. The van der Waals surface area contributed by atoms with E-state index in [1.807, 2.05) is 4.90 Å². The monoisotopic (exact) mass is 380 g/mol. The van der Waals surface area contributed by atoms with E-state index in [4.69, 9.17) is 14.6 Å². The highest BCUT2D eigenvalue weighted by Crippen LogP contribution is 2.21. The maximum absolute atomic E-state index is 12.9. The quantitative estimate of drug-likeness (QED) is 0.770. The zero-order valence-electron chi connectivity index (χ0n) is 15.2. The van der Waals surface area contributed by atoms with Crippen molar-refractivity contribution in [2.24, 2.45) is 0 Å². The summed E-state index contributed by atoms with van der Waals surface area (Å²) in [6.07, 6.45) is 1.58. The number of hydrogen-bond donors (Lipinski definition) is 1. The van der Waals surface area contributed by atoms with Gasteiger partial charge in [-0.05, 0) is 37.1 Å². The highest BCUT2D eigenvalue weighted by atomic mass is 19.1. The number of piperidine rings is 1. The number of carbonyl (C=O) groups is 2. The molecule has 27 heavy (non-hydrogen) atoms. The molecule has 0 aliphatic carbocycles. The number of amides is 1. The molecule has 0 aromatic heterocycles. The second-order valence-electron chi connectivity index (χ2n) is 6.96. The standard InChI is InChI=1S/C19H25FN2O5/c20-14-1-3-16(4-2-14)26-12-17-11-22(18(23)13-27-17)15-5-8-21(9-6-15)10-7-19(24)25/h1-4,15,17H,5-13H2,(H,24,25). The van der Waals surface area contributed by atoms with E-state index >= 15 is 0 Å². The first-order valence-corrected chi connectivity index (χ1v) is 9.25. The van der Waals surface area contributed by atoms with Gasteiger partial charge in [0, 0.05) is 25.7 Å². The van der Waals surface area contributed by atoms with Gasteiger partial charge in [0.2, 0.25) is 5.91 Å². The van der Waals surface area contributed by atoms with Crippen LogP contribution in [0.1, 0.15) is 19.3 Å². The van der Waals surface area contributed by atoms with E-state index in [2.05, 4.69) is 4.90 Å². The molecule has 3 rings (SSSR count). The minimum absolute atomic E-state index is 0.0166. The number of rotatable bonds is 7. The number of ether oxygens (including phenoxy) is 2. The second-order valence-corrected chi connectivity index (χ2v) is 6.96. The van der Waals surface area contributed by atoms with Gasteiger partial charge in [0.1, 0.15) is 30.9 Å². The van der Waals surface area contributed by atoms with Crippen LogP contribution in [-0.2, 0) is 14.3 Å². The summed E-state index contributed by atoms with van der Waals surface area (Å²) < 4.78 is 24.2. The number of carboxylic acid groups (broad SMARTS) is 1. The molecule has 8 heteroatoms. The van der Waals surface area contributed by atoms with E-state index in [1.54, 1.807) is 12.1 Å². The molecule has 1 amide bonds. The number of carboxylic acids is 1. The third-order valence-electron chi connectivity index (χ3n) is 5.05. The SMILES string of the molecule is O=C(O)CCN1CCC(N2CC(COc3ccc(F)cc3)OCC2=O)CC1. The number of likely N-dealkylation sites (tertiary alicyclic amines) is 1. The summed E-state index contributed by atoms with van der Waals surface area (Å²) in [7, 11) is 0. The maximum atomic E-state index is 12.9. The lowest BCUT2D eigenvalue weighted by Crippen LogP contribution is -2.55. The molecule has 1 atom stereocenters. The molecular formula is C19H25FN2O5. The van der Waals surface area contributed by atoms with Gasteiger partial charge in [-0.3, -0.25) is 9.59 Å². The first-order chi connectivity index (χ1) is 13.0. The molecule has 2 saturated heterocycles. The Morgan fingerprint density at radius 2 is 1.96 bits per heavy atom. The van der Waals surface area contributed by atoms with Crippen molar-refractivity contribution in [3.8, 4) is 5.75 Å². The number of halogens is 1. The first kappa shape index (κ1) is 19.6. The third kappa shape index (κ3) is 5.64. The molecular weight excluding hydrogens is 355 g/mol. The van der Waals surface area contributed by atoms with E-state index in [-0.39, 0.29) is 36.9 Å². The van der Waals surface area contributed by atoms with Crippen molar-refractivity contribution < 1.29 is 28.6 Å². The number of carbonyl (C=O) groups excluding carboxylic acids is 1. The van der Waals surface area contributed by atoms with Crippen molar-refractivity contribution in [1.82, 2.24) is 9.80 Å². The Morgan fingerprint density at radius 1 is 1.26 bits per heavy atom. The van der Waals surface area contributed by atoms with Crippen LogP contribution in [0.25, 0.3) is 0 Å². The summed E-state index contributed by atoms with van der Waals surface area (Å²) in [5.41, 5.74) is 0. The minimum Gasteiger partial charge on any atom is -0.491 e. The molecule has 1 aromatic carbocycles. The van der Waals surface area contributed by atoms with Gasteiger partial charge in [-0.1, -0.05) is 0 Å². The fourth-order valence-electron chi connectivity index (χ4n) is 3.53. The van der Waals surface area contributed by atoms with Gasteiger partial charge >= 0.3 is 5.97 Å². The second kappa shape index (κ2) is 9.14. The number of benzene rings is 1. The summed E-state index contributed by atoms with van der Waals surface area (Å²) in [6, 6.07) is 5.95. The number of aliphatic carboxylic acids is 1. The Kier molecular flexibility index (Phi) is 6.63. The predicted molar refractivity (Wildman–Crippen MR) is 95.1 cm³/mol. The Morgan fingerprint density at radius 3 is 2.63 bits per heavy atom.